The lowest BCUT2D eigenvalue weighted by Gasteiger charge is -2.38. The van der Waals surface area contributed by atoms with E-state index in [9.17, 15) is 29.4 Å². The number of ketones is 2. The van der Waals surface area contributed by atoms with Crippen molar-refractivity contribution in [3.05, 3.63) is 59.7 Å². The van der Waals surface area contributed by atoms with E-state index < -0.39 is 34.6 Å². The van der Waals surface area contributed by atoms with Gasteiger partial charge in [-0.1, -0.05) is 32.1 Å². The summed E-state index contributed by atoms with van der Waals surface area (Å²) in [5, 5.41) is 29.3. The van der Waals surface area contributed by atoms with Crippen LogP contribution in [0.5, 0.6) is 11.5 Å². The van der Waals surface area contributed by atoms with Crippen LogP contribution in [0, 0.1) is 23.7 Å². The summed E-state index contributed by atoms with van der Waals surface area (Å²) in [6.07, 6.45) is 7.87. The van der Waals surface area contributed by atoms with Gasteiger partial charge in [0.15, 0.2) is 11.6 Å². The second kappa shape index (κ2) is 15.6. The number of hydrogen-bond acceptors (Lipinski definition) is 8. The van der Waals surface area contributed by atoms with Gasteiger partial charge in [0.2, 0.25) is 11.8 Å². The molecule has 0 saturated heterocycles. The molecule has 0 heterocycles. The Morgan fingerprint density at radius 3 is 1.40 bits per heavy atom. The average Bonchev–Trinajstić information content (AvgIpc) is 3.12. The summed E-state index contributed by atoms with van der Waals surface area (Å²) in [7, 11) is 3.09. The van der Waals surface area contributed by atoms with Crippen molar-refractivity contribution < 1.29 is 38.9 Å². The molecule has 10 heteroatoms. The first-order valence-electron chi connectivity index (χ1n) is 17.5. The summed E-state index contributed by atoms with van der Waals surface area (Å²) >= 11 is 0. The van der Waals surface area contributed by atoms with Crippen LogP contribution >= 0.6 is 0 Å². The number of aliphatic hydroxyl groups is 2. The SMILES string of the molecule is COc1ccc(C(=O)C2(O)CCCCC2C(=O)NCC2CCCC(CNC(=O)C3CCCCC3(O)C(=O)c3ccc(OC)cc3)C2)cc1. The Morgan fingerprint density at radius 2 is 1.02 bits per heavy atom. The minimum Gasteiger partial charge on any atom is -0.497 e. The fourth-order valence-electron chi connectivity index (χ4n) is 8.05. The van der Waals surface area contributed by atoms with Gasteiger partial charge >= 0.3 is 0 Å². The second-order valence-electron chi connectivity index (χ2n) is 13.9. The number of methoxy groups -OCH3 is 2. The molecular weight excluding hydrogens is 612 g/mol. The van der Waals surface area contributed by atoms with Gasteiger partial charge in [-0.3, -0.25) is 19.2 Å². The predicted octanol–water partition coefficient (Wildman–Crippen LogP) is 4.65. The molecule has 0 radical (unpaired) electrons. The van der Waals surface area contributed by atoms with Crippen LogP contribution in [0.4, 0.5) is 0 Å². The van der Waals surface area contributed by atoms with Gasteiger partial charge in [-0.25, -0.2) is 0 Å². The largest absolute Gasteiger partial charge is 0.497 e. The Hall–Kier alpha value is -3.76. The van der Waals surface area contributed by atoms with Crippen LogP contribution in [0.3, 0.4) is 0 Å². The highest BCUT2D eigenvalue weighted by Crippen LogP contribution is 2.39. The summed E-state index contributed by atoms with van der Waals surface area (Å²) in [6.45, 7) is 0.872. The number of rotatable bonds is 12. The Morgan fingerprint density at radius 1 is 0.625 bits per heavy atom. The smallest absolute Gasteiger partial charge is 0.226 e. The van der Waals surface area contributed by atoms with Crippen molar-refractivity contribution in [3.63, 3.8) is 0 Å². The molecule has 5 rings (SSSR count). The van der Waals surface area contributed by atoms with Crippen molar-refractivity contribution >= 4 is 23.4 Å². The lowest BCUT2D eigenvalue weighted by molar-refractivity contribution is -0.135. The van der Waals surface area contributed by atoms with Crippen molar-refractivity contribution in [2.45, 2.75) is 88.3 Å². The molecule has 260 valence electrons. The second-order valence-corrected chi connectivity index (χ2v) is 13.9. The van der Waals surface area contributed by atoms with Crippen molar-refractivity contribution in [2.75, 3.05) is 27.3 Å². The number of hydrogen-bond donors (Lipinski definition) is 4. The first-order valence-corrected chi connectivity index (χ1v) is 17.5. The maximum atomic E-state index is 13.5. The van der Waals surface area contributed by atoms with Crippen LogP contribution in [0.1, 0.15) is 97.8 Å². The predicted molar refractivity (Wildman–Crippen MR) is 180 cm³/mol. The van der Waals surface area contributed by atoms with Crippen molar-refractivity contribution in [2.24, 2.45) is 23.7 Å². The molecule has 0 aromatic heterocycles. The molecular formula is C38H50N2O8. The van der Waals surface area contributed by atoms with E-state index in [1.165, 1.54) is 0 Å². The number of benzene rings is 2. The summed E-state index contributed by atoms with van der Waals surface area (Å²) < 4.78 is 10.4. The molecule has 10 nitrogen and oxygen atoms in total. The molecule has 2 amide bonds. The van der Waals surface area contributed by atoms with Crippen LogP contribution in [-0.2, 0) is 9.59 Å². The van der Waals surface area contributed by atoms with Crippen molar-refractivity contribution in [1.82, 2.24) is 10.6 Å². The molecule has 0 aliphatic heterocycles. The standard InChI is InChI=1S/C38H50N2O8/c1-47-29-16-12-27(13-17-29)33(41)37(45)20-5-3-10-31(37)35(43)39-23-25-8-7-9-26(22-25)24-40-36(44)32-11-4-6-21-38(32,46)34(42)28-14-18-30(48-2)19-15-28/h12-19,25-26,31-32,45-46H,3-11,20-24H2,1-2H3,(H,39,43)(H,40,44). The number of amides is 2. The van der Waals surface area contributed by atoms with E-state index in [2.05, 4.69) is 10.6 Å². The molecule has 3 fully saturated rings. The quantitative estimate of drug-likeness (QED) is 0.240. The van der Waals surface area contributed by atoms with Gasteiger partial charge in [-0.05, 0) is 105 Å². The van der Waals surface area contributed by atoms with E-state index in [4.69, 9.17) is 9.47 Å². The Kier molecular flexibility index (Phi) is 11.6. The molecule has 48 heavy (non-hydrogen) atoms. The Balaban J connectivity index is 1.14. The molecule has 3 aliphatic carbocycles. The van der Waals surface area contributed by atoms with Gasteiger partial charge in [0.1, 0.15) is 22.7 Å². The summed E-state index contributed by atoms with van der Waals surface area (Å²) in [5.41, 5.74) is -2.81. The minimum atomic E-state index is -1.76. The first kappa shape index (κ1) is 35.5. The third kappa shape index (κ3) is 7.76. The van der Waals surface area contributed by atoms with Gasteiger partial charge < -0.3 is 30.3 Å². The van der Waals surface area contributed by atoms with Gasteiger partial charge in [0.05, 0.1) is 26.1 Å². The molecule has 4 N–H and O–H groups in total. The normalized spacial score (nSPS) is 28.9. The number of carbonyl (C=O) groups is 4. The number of ether oxygens (including phenoxy) is 2. The highest BCUT2D eigenvalue weighted by molar-refractivity contribution is 6.06. The van der Waals surface area contributed by atoms with Gasteiger partial charge in [0, 0.05) is 24.2 Å². The molecule has 3 aliphatic rings. The fraction of sp³-hybridized carbons (Fsp3) is 0.579. The van der Waals surface area contributed by atoms with Crippen LogP contribution in [0.25, 0.3) is 0 Å². The molecule has 6 atom stereocenters. The van der Waals surface area contributed by atoms with E-state index in [0.29, 0.717) is 61.4 Å². The summed E-state index contributed by atoms with van der Waals surface area (Å²) in [5.74, 6) is -1.51. The van der Waals surface area contributed by atoms with Gasteiger partial charge in [-0.2, -0.15) is 0 Å². The summed E-state index contributed by atoms with van der Waals surface area (Å²) in [6, 6.07) is 13.2. The number of nitrogens with one attached hydrogen (secondary N) is 2. The molecule has 3 saturated carbocycles. The maximum Gasteiger partial charge on any atom is 0.226 e. The number of Topliss-reactive ketones (excluding diaryl/α,β-unsaturated/α-hetero) is 2. The zero-order chi connectivity index (χ0) is 34.3. The third-order valence-corrected chi connectivity index (χ3v) is 10.9. The van der Waals surface area contributed by atoms with Crippen molar-refractivity contribution in [3.8, 4) is 11.5 Å². The highest BCUT2D eigenvalue weighted by Gasteiger charge is 2.50. The first-order chi connectivity index (χ1) is 23.1. The van der Waals surface area contributed by atoms with Gasteiger partial charge in [0.25, 0.3) is 0 Å². The van der Waals surface area contributed by atoms with Crippen LogP contribution in [-0.4, -0.2) is 72.1 Å². The van der Waals surface area contributed by atoms with E-state index in [1.807, 2.05) is 0 Å². The molecule has 0 spiro atoms. The average molecular weight is 663 g/mol. The minimum absolute atomic E-state index is 0.196. The molecule has 0 bridgehead atoms. The topological polar surface area (TPSA) is 151 Å². The molecule has 6 unspecified atom stereocenters. The zero-order valence-electron chi connectivity index (χ0n) is 28.2. The molecule has 2 aromatic carbocycles. The third-order valence-electron chi connectivity index (χ3n) is 10.9. The maximum absolute atomic E-state index is 13.5. The van der Waals surface area contributed by atoms with E-state index in [-0.39, 0.29) is 36.5 Å². The lowest BCUT2D eigenvalue weighted by atomic mass is 9.71. The number of carbonyl (C=O) groups excluding carboxylic acids is 4. The van der Waals surface area contributed by atoms with E-state index >= 15 is 0 Å². The van der Waals surface area contributed by atoms with Gasteiger partial charge in [-0.15, -0.1) is 0 Å². The van der Waals surface area contributed by atoms with Crippen LogP contribution in [0.15, 0.2) is 48.5 Å². The van der Waals surface area contributed by atoms with E-state index in [1.54, 1.807) is 62.8 Å². The van der Waals surface area contributed by atoms with Crippen LogP contribution in [0.2, 0.25) is 0 Å². The Labute approximate surface area is 283 Å². The highest BCUT2D eigenvalue weighted by atomic mass is 16.5. The van der Waals surface area contributed by atoms with Crippen molar-refractivity contribution in [1.29, 1.82) is 0 Å². The Bertz CT molecular complexity index is 1340. The lowest BCUT2D eigenvalue weighted by Crippen LogP contribution is -2.54. The summed E-state index contributed by atoms with van der Waals surface area (Å²) in [4.78, 5) is 53.8. The fourth-order valence-corrected chi connectivity index (χ4v) is 8.05. The van der Waals surface area contributed by atoms with E-state index in [0.717, 1.165) is 38.5 Å². The monoisotopic (exact) mass is 662 g/mol. The zero-order valence-corrected chi connectivity index (χ0v) is 28.2. The van der Waals surface area contributed by atoms with Crippen LogP contribution < -0.4 is 20.1 Å². The molecule has 2 aromatic rings.